The minimum absolute atomic E-state index is 0.0695. The molecule has 0 atom stereocenters. The van der Waals surface area contributed by atoms with Crippen molar-refractivity contribution in [1.82, 2.24) is 19.4 Å². The number of sulfonamides is 1. The van der Waals surface area contributed by atoms with E-state index in [0.717, 1.165) is 24.4 Å². The lowest BCUT2D eigenvalue weighted by Gasteiger charge is -2.35. The summed E-state index contributed by atoms with van der Waals surface area (Å²) >= 11 is 0. The minimum atomic E-state index is -3.46. The maximum atomic E-state index is 12.9. The van der Waals surface area contributed by atoms with E-state index in [2.05, 4.69) is 21.2 Å². The molecule has 0 bridgehead atoms. The number of piperazine rings is 1. The summed E-state index contributed by atoms with van der Waals surface area (Å²) < 4.78 is 26.8. The zero-order valence-electron chi connectivity index (χ0n) is 17.5. The molecule has 31 heavy (non-hydrogen) atoms. The van der Waals surface area contributed by atoms with Crippen molar-refractivity contribution in [3.63, 3.8) is 0 Å². The molecule has 0 N–H and O–H groups in total. The van der Waals surface area contributed by atoms with Crippen LogP contribution in [0.15, 0.2) is 41.3 Å². The van der Waals surface area contributed by atoms with E-state index in [1.807, 2.05) is 11.0 Å². The van der Waals surface area contributed by atoms with Gasteiger partial charge in [0.15, 0.2) is 5.82 Å². The molecule has 1 saturated carbocycles. The number of carbonyl (C=O) groups is 1. The van der Waals surface area contributed by atoms with E-state index in [1.165, 1.54) is 17.1 Å². The lowest BCUT2D eigenvalue weighted by Crippen LogP contribution is -2.49. The molecule has 8 nitrogen and oxygen atoms in total. The molecule has 0 unspecified atom stereocenters. The average molecular weight is 442 g/mol. The third kappa shape index (κ3) is 4.16. The van der Waals surface area contributed by atoms with Crippen LogP contribution in [0.5, 0.6) is 0 Å². The summed E-state index contributed by atoms with van der Waals surface area (Å²) in [6.45, 7) is 3.73. The average Bonchev–Trinajstić information content (AvgIpc) is 3.51. The number of benzene rings is 1. The van der Waals surface area contributed by atoms with Crippen molar-refractivity contribution in [3.05, 3.63) is 47.7 Å². The van der Waals surface area contributed by atoms with Gasteiger partial charge in [-0.2, -0.15) is 9.40 Å². The number of amides is 1. The van der Waals surface area contributed by atoms with E-state index in [4.69, 9.17) is 0 Å². The summed E-state index contributed by atoms with van der Waals surface area (Å²) in [6, 6.07) is 10.4. The fourth-order valence-electron chi connectivity index (χ4n) is 4.27. The van der Waals surface area contributed by atoms with Crippen LogP contribution in [0.3, 0.4) is 0 Å². The summed E-state index contributed by atoms with van der Waals surface area (Å²) in [7, 11) is -3.46. The zero-order chi connectivity index (χ0) is 21.4. The van der Waals surface area contributed by atoms with Crippen LogP contribution < -0.4 is 4.90 Å². The Kier molecular flexibility index (Phi) is 5.39. The highest BCUT2D eigenvalue weighted by molar-refractivity contribution is 7.89. The lowest BCUT2D eigenvalue weighted by atomic mass is 10.2. The molecule has 5 rings (SSSR count). The second-order valence-electron chi connectivity index (χ2n) is 8.51. The Morgan fingerprint density at radius 2 is 1.52 bits per heavy atom. The number of hydrogen-bond acceptors (Lipinski definition) is 6. The second-order valence-corrected chi connectivity index (χ2v) is 10.4. The van der Waals surface area contributed by atoms with Crippen molar-refractivity contribution < 1.29 is 13.2 Å². The molecule has 1 aromatic heterocycles. The molecule has 2 saturated heterocycles. The highest BCUT2D eigenvalue weighted by Crippen LogP contribution is 2.38. The molecule has 0 spiro atoms. The van der Waals surface area contributed by atoms with Crippen molar-refractivity contribution >= 4 is 21.7 Å². The Morgan fingerprint density at radius 3 is 2.10 bits per heavy atom. The first-order valence-corrected chi connectivity index (χ1v) is 12.4. The summed E-state index contributed by atoms with van der Waals surface area (Å²) in [5.41, 5.74) is 1.59. The Morgan fingerprint density at radius 1 is 0.839 bits per heavy atom. The number of nitrogens with zero attached hydrogens (tertiary/aromatic N) is 5. The van der Waals surface area contributed by atoms with Gasteiger partial charge in [-0.15, -0.1) is 5.10 Å². The molecule has 3 heterocycles. The smallest absolute Gasteiger partial charge is 0.253 e. The van der Waals surface area contributed by atoms with Crippen molar-refractivity contribution in [2.45, 2.75) is 36.5 Å². The van der Waals surface area contributed by atoms with Gasteiger partial charge in [-0.05, 0) is 62.1 Å². The highest BCUT2D eigenvalue weighted by atomic mass is 32.2. The van der Waals surface area contributed by atoms with Gasteiger partial charge in [0.2, 0.25) is 10.0 Å². The first-order valence-electron chi connectivity index (χ1n) is 11.0. The molecule has 3 fully saturated rings. The predicted octanol–water partition coefficient (Wildman–Crippen LogP) is 2.10. The van der Waals surface area contributed by atoms with E-state index >= 15 is 0 Å². The Balaban J connectivity index is 1.20. The molecule has 0 radical (unpaired) electrons. The molecule has 2 aromatic rings. The standard InChI is InChI=1S/C22H27N5O3S/c28-22(18-5-7-19(8-6-18)31(29,30)27-11-1-2-12-27)26-15-13-25(14-16-26)21-10-9-20(23-24-21)17-3-4-17/h5-10,17H,1-4,11-16H2. The van der Waals surface area contributed by atoms with Crippen LogP contribution in [0.1, 0.15) is 47.7 Å². The molecule has 1 aromatic carbocycles. The number of rotatable bonds is 5. The number of aromatic nitrogens is 2. The van der Waals surface area contributed by atoms with Gasteiger partial charge in [0.1, 0.15) is 0 Å². The maximum absolute atomic E-state index is 12.9. The fraction of sp³-hybridized carbons (Fsp3) is 0.500. The van der Waals surface area contributed by atoms with Gasteiger partial charge in [-0.25, -0.2) is 8.42 Å². The van der Waals surface area contributed by atoms with Gasteiger partial charge >= 0.3 is 0 Å². The van der Waals surface area contributed by atoms with Crippen LogP contribution >= 0.6 is 0 Å². The predicted molar refractivity (Wildman–Crippen MR) is 117 cm³/mol. The first-order chi connectivity index (χ1) is 15.0. The van der Waals surface area contributed by atoms with E-state index in [1.54, 1.807) is 24.3 Å². The Hall–Kier alpha value is -2.52. The molecule has 164 valence electrons. The Bertz CT molecular complexity index is 1040. The lowest BCUT2D eigenvalue weighted by molar-refractivity contribution is 0.0746. The van der Waals surface area contributed by atoms with E-state index in [9.17, 15) is 13.2 Å². The van der Waals surface area contributed by atoms with E-state index in [0.29, 0.717) is 50.7 Å². The molecule has 9 heteroatoms. The maximum Gasteiger partial charge on any atom is 0.253 e. The van der Waals surface area contributed by atoms with Gasteiger partial charge in [-0.1, -0.05) is 0 Å². The highest BCUT2D eigenvalue weighted by Gasteiger charge is 2.29. The molecular formula is C22H27N5O3S. The van der Waals surface area contributed by atoms with Crippen molar-refractivity contribution in [2.75, 3.05) is 44.2 Å². The minimum Gasteiger partial charge on any atom is -0.352 e. The van der Waals surface area contributed by atoms with Crippen LogP contribution in [0.4, 0.5) is 5.82 Å². The third-order valence-corrected chi connectivity index (χ3v) is 8.27. The molecular weight excluding hydrogens is 414 g/mol. The van der Waals surface area contributed by atoms with Gasteiger partial charge < -0.3 is 9.80 Å². The number of carbonyl (C=O) groups excluding carboxylic acids is 1. The normalized spacial score (nSPS) is 20.3. The van der Waals surface area contributed by atoms with Crippen LogP contribution in [0, 0.1) is 0 Å². The molecule has 3 aliphatic rings. The largest absolute Gasteiger partial charge is 0.352 e. The third-order valence-electron chi connectivity index (χ3n) is 6.36. The summed E-state index contributed by atoms with van der Waals surface area (Å²) in [5, 5.41) is 8.72. The summed E-state index contributed by atoms with van der Waals surface area (Å²) in [4.78, 5) is 17.1. The fourth-order valence-corrected chi connectivity index (χ4v) is 5.79. The SMILES string of the molecule is O=C(c1ccc(S(=O)(=O)N2CCCC2)cc1)N1CCN(c2ccc(C3CC3)nn2)CC1. The quantitative estimate of drug-likeness (QED) is 0.706. The number of hydrogen-bond donors (Lipinski definition) is 0. The zero-order valence-corrected chi connectivity index (χ0v) is 18.3. The molecule has 2 aliphatic heterocycles. The Labute approximate surface area is 182 Å². The van der Waals surface area contributed by atoms with Crippen molar-refractivity contribution in [2.24, 2.45) is 0 Å². The van der Waals surface area contributed by atoms with Gasteiger partial charge in [0.25, 0.3) is 5.91 Å². The van der Waals surface area contributed by atoms with Crippen molar-refractivity contribution in [3.8, 4) is 0 Å². The summed E-state index contributed by atoms with van der Waals surface area (Å²) in [5.74, 6) is 1.38. The van der Waals surface area contributed by atoms with E-state index in [-0.39, 0.29) is 10.8 Å². The molecule has 1 amide bonds. The first kappa shape index (κ1) is 20.4. The monoisotopic (exact) mass is 441 g/mol. The van der Waals surface area contributed by atoms with E-state index < -0.39 is 10.0 Å². The van der Waals surface area contributed by atoms with Gasteiger partial charge in [0, 0.05) is 50.7 Å². The second kappa shape index (κ2) is 8.20. The molecule has 1 aliphatic carbocycles. The van der Waals surface area contributed by atoms with Crippen LogP contribution in [-0.4, -0.2) is 73.0 Å². The van der Waals surface area contributed by atoms with Crippen LogP contribution in [0.2, 0.25) is 0 Å². The van der Waals surface area contributed by atoms with Gasteiger partial charge in [-0.3, -0.25) is 4.79 Å². The summed E-state index contributed by atoms with van der Waals surface area (Å²) in [6.07, 6.45) is 4.22. The van der Waals surface area contributed by atoms with Crippen molar-refractivity contribution in [1.29, 1.82) is 0 Å². The van der Waals surface area contributed by atoms with Crippen LogP contribution in [0.25, 0.3) is 0 Å². The van der Waals surface area contributed by atoms with Gasteiger partial charge in [0.05, 0.1) is 10.6 Å². The number of anilines is 1. The van der Waals surface area contributed by atoms with Crippen LogP contribution in [-0.2, 0) is 10.0 Å². The topological polar surface area (TPSA) is 86.7 Å².